The van der Waals surface area contributed by atoms with E-state index in [1.807, 2.05) is 0 Å². The predicted octanol–water partition coefficient (Wildman–Crippen LogP) is 0.808. The average molecular weight is 407 g/mol. The molecule has 0 atom stereocenters. The molecule has 1 heterocycles. The van der Waals surface area contributed by atoms with Crippen LogP contribution in [0.1, 0.15) is 12.8 Å². The Kier molecular flexibility index (Phi) is 7.79. The van der Waals surface area contributed by atoms with Gasteiger partial charge in [0.25, 0.3) is 5.69 Å². The number of hydrogen-bond acceptors (Lipinski definition) is 7. The van der Waals surface area contributed by atoms with E-state index in [1.165, 1.54) is 12.1 Å². The van der Waals surface area contributed by atoms with Gasteiger partial charge in [0.2, 0.25) is 5.91 Å². The number of nitro benzene ring substituents is 1. The number of sulfone groups is 1. The molecule has 1 aromatic carbocycles. The number of anilines is 1. The molecule has 11 heteroatoms. The summed E-state index contributed by atoms with van der Waals surface area (Å²) >= 11 is 0. The van der Waals surface area contributed by atoms with E-state index in [2.05, 4.69) is 0 Å². The van der Waals surface area contributed by atoms with Crippen LogP contribution >= 0.6 is 12.4 Å². The molecule has 1 amide bonds. The standard InChI is InChI=1S/C15H22N4O5S.ClH/c1-25(23,24)12-4-5-13(14(11-12)19(21)22)17-7-9-18(10-8-17)15(20)3-2-6-16;/h4-5,11H,2-3,6-10,16H2,1H3;1H. The van der Waals surface area contributed by atoms with Crippen LogP contribution in [-0.4, -0.2) is 63.1 Å². The Morgan fingerprint density at radius 1 is 1.27 bits per heavy atom. The Bertz CT molecular complexity index is 763. The zero-order valence-electron chi connectivity index (χ0n) is 14.5. The van der Waals surface area contributed by atoms with Crippen molar-refractivity contribution in [3.63, 3.8) is 0 Å². The minimum Gasteiger partial charge on any atom is -0.362 e. The summed E-state index contributed by atoms with van der Waals surface area (Å²) in [6.07, 6.45) is 2.05. The largest absolute Gasteiger partial charge is 0.362 e. The first kappa shape index (κ1) is 22.1. The quantitative estimate of drug-likeness (QED) is 0.546. The Hall–Kier alpha value is -1.91. The fraction of sp³-hybridized carbons (Fsp3) is 0.533. The summed E-state index contributed by atoms with van der Waals surface area (Å²) in [6, 6.07) is 3.92. The second kappa shape index (κ2) is 9.15. The van der Waals surface area contributed by atoms with Crippen molar-refractivity contribution in [1.82, 2.24) is 4.90 Å². The molecule has 0 saturated carbocycles. The van der Waals surface area contributed by atoms with Gasteiger partial charge in [0, 0.05) is 44.9 Å². The van der Waals surface area contributed by atoms with Crippen LogP contribution in [0.4, 0.5) is 11.4 Å². The molecule has 2 rings (SSSR count). The summed E-state index contributed by atoms with van der Waals surface area (Å²) in [4.78, 5) is 26.2. The van der Waals surface area contributed by atoms with Crippen LogP contribution in [0.3, 0.4) is 0 Å². The minimum atomic E-state index is -3.52. The van der Waals surface area contributed by atoms with E-state index in [0.29, 0.717) is 51.3 Å². The molecule has 0 aromatic heterocycles. The number of nitrogens with two attached hydrogens (primary N) is 1. The SMILES string of the molecule is CS(=O)(=O)c1ccc(N2CCN(C(=O)CCCN)CC2)c([N+](=O)[O-])c1.Cl. The van der Waals surface area contributed by atoms with Crippen LogP contribution in [0.5, 0.6) is 0 Å². The monoisotopic (exact) mass is 406 g/mol. The Balaban J connectivity index is 0.00000338. The predicted molar refractivity (Wildman–Crippen MR) is 101 cm³/mol. The summed E-state index contributed by atoms with van der Waals surface area (Å²) < 4.78 is 23.2. The highest BCUT2D eigenvalue weighted by atomic mass is 35.5. The molecule has 0 spiro atoms. The smallest absolute Gasteiger partial charge is 0.293 e. The minimum absolute atomic E-state index is 0. The van der Waals surface area contributed by atoms with Crippen LogP contribution in [0.15, 0.2) is 23.1 Å². The van der Waals surface area contributed by atoms with Gasteiger partial charge in [-0.2, -0.15) is 0 Å². The third-order valence-electron chi connectivity index (χ3n) is 4.14. The summed E-state index contributed by atoms with van der Waals surface area (Å²) in [5, 5.41) is 11.3. The van der Waals surface area contributed by atoms with Gasteiger partial charge >= 0.3 is 0 Å². The van der Waals surface area contributed by atoms with Gasteiger partial charge in [0.15, 0.2) is 9.84 Å². The molecule has 1 aliphatic rings. The maximum Gasteiger partial charge on any atom is 0.293 e. The van der Waals surface area contributed by atoms with Gasteiger partial charge in [0.05, 0.1) is 9.82 Å². The lowest BCUT2D eigenvalue weighted by atomic mass is 10.2. The molecule has 9 nitrogen and oxygen atoms in total. The highest BCUT2D eigenvalue weighted by Gasteiger charge is 2.26. The number of rotatable bonds is 6. The maximum absolute atomic E-state index is 12.0. The second-order valence-electron chi connectivity index (χ2n) is 5.94. The van der Waals surface area contributed by atoms with E-state index in [0.717, 1.165) is 12.3 Å². The van der Waals surface area contributed by atoms with Gasteiger partial charge in [-0.25, -0.2) is 8.42 Å². The number of nitrogens with zero attached hydrogens (tertiary/aromatic N) is 3. The van der Waals surface area contributed by atoms with Crippen LogP contribution in [-0.2, 0) is 14.6 Å². The van der Waals surface area contributed by atoms with Crippen LogP contribution in [0.2, 0.25) is 0 Å². The third kappa shape index (κ3) is 5.29. The zero-order chi connectivity index (χ0) is 18.6. The van der Waals surface area contributed by atoms with Gasteiger partial charge in [-0.05, 0) is 25.1 Å². The molecule has 146 valence electrons. The Morgan fingerprint density at radius 3 is 2.38 bits per heavy atom. The topological polar surface area (TPSA) is 127 Å². The van der Waals surface area contributed by atoms with Gasteiger partial charge in [-0.3, -0.25) is 14.9 Å². The van der Waals surface area contributed by atoms with Crippen molar-refractivity contribution in [1.29, 1.82) is 0 Å². The number of hydrogen-bond donors (Lipinski definition) is 1. The van der Waals surface area contributed by atoms with E-state index >= 15 is 0 Å². The summed E-state index contributed by atoms with van der Waals surface area (Å²) in [5.74, 6) is 0.0343. The number of nitro groups is 1. The third-order valence-corrected chi connectivity index (χ3v) is 5.25. The summed E-state index contributed by atoms with van der Waals surface area (Å²) in [6.45, 7) is 2.30. The van der Waals surface area contributed by atoms with Crippen molar-refractivity contribution in [3.05, 3.63) is 28.3 Å². The van der Waals surface area contributed by atoms with Crippen molar-refractivity contribution >= 4 is 39.5 Å². The molecule has 1 aromatic rings. The van der Waals surface area contributed by atoms with Crippen LogP contribution in [0.25, 0.3) is 0 Å². The average Bonchev–Trinajstić information content (AvgIpc) is 2.58. The molecule has 0 aliphatic carbocycles. The highest BCUT2D eigenvalue weighted by molar-refractivity contribution is 7.90. The highest BCUT2D eigenvalue weighted by Crippen LogP contribution is 2.31. The number of carbonyl (C=O) groups is 1. The molecule has 2 N–H and O–H groups in total. The number of halogens is 1. The lowest BCUT2D eigenvalue weighted by Gasteiger charge is -2.36. The number of piperazine rings is 1. The van der Waals surface area contributed by atoms with E-state index in [1.54, 1.807) is 9.80 Å². The number of amides is 1. The molecule has 0 bridgehead atoms. The van der Waals surface area contributed by atoms with Crippen molar-refractivity contribution in [2.75, 3.05) is 43.9 Å². The summed E-state index contributed by atoms with van der Waals surface area (Å²) in [5.41, 5.74) is 5.53. The summed E-state index contributed by atoms with van der Waals surface area (Å²) in [7, 11) is -3.52. The maximum atomic E-state index is 12.0. The van der Waals surface area contributed by atoms with Crippen molar-refractivity contribution in [2.24, 2.45) is 5.73 Å². The number of carbonyl (C=O) groups excluding carboxylic acids is 1. The molecule has 1 fully saturated rings. The first-order chi connectivity index (χ1) is 11.7. The lowest BCUT2D eigenvalue weighted by Crippen LogP contribution is -2.49. The van der Waals surface area contributed by atoms with E-state index < -0.39 is 14.8 Å². The second-order valence-corrected chi connectivity index (χ2v) is 7.96. The lowest BCUT2D eigenvalue weighted by molar-refractivity contribution is -0.384. The van der Waals surface area contributed by atoms with E-state index in [-0.39, 0.29) is 28.9 Å². The fourth-order valence-corrected chi connectivity index (χ4v) is 3.40. The van der Waals surface area contributed by atoms with Gasteiger partial charge in [-0.1, -0.05) is 0 Å². The van der Waals surface area contributed by atoms with Crippen molar-refractivity contribution in [2.45, 2.75) is 17.7 Å². The van der Waals surface area contributed by atoms with E-state index in [9.17, 15) is 23.3 Å². The molecular formula is C15H23ClN4O5S. The van der Waals surface area contributed by atoms with Gasteiger partial charge in [0.1, 0.15) is 5.69 Å². The molecule has 0 unspecified atom stereocenters. The number of benzene rings is 1. The van der Waals surface area contributed by atoms with Crippen molar-refractivity contribution in [3.8, 4) is 0 Å². The van der Waals surface area contributed by atoms with Crippen LogP contribution < -0.4 is 10.6 Å². The Labute approximate surface area is 158 Å². The Morgan fingerprint density at radius 2 is 1.88 bits per heavy atom. The van der Waals surface area contributed by atoms with E-state index in [4.69, 9.17) is 5.73 Å². The van der Waals surface area contributed by atoms with Gasteiger partial charge in [-0.15, -0.1) is 12.4 Å². The van der Waals surface area contributed by atoms with Gasteiger partial charge < -0.3 is 15.5 Å². The van der Waals surface area contributed by atoms with Crippen LogP contribution in [0, 0.1) is 10.1 Å². The molecule has 1 aliphatic heterocycles. The molecule has 0 radical (unpaired) electrons. The molecular weight excluding hydrogens is 384 g/mol. The zero-order valence-corrected chi connectivity index (χ0v) is 16.1. The fourth-order valence-electron chi connectivity index (χ4n) is 2.76. The normalized spacial score (nSPS) is 14.7. The first-order valence-electron chi connectivity index (χ1n) is 7.95. The van der Waals surface area contributed by atoms with Crippen molar-refractivity contribution < 1.29 is 18.1 Å². The molecule has 26 heavy (non-hydrogen) atoms. The first-order valence-corrected chi connectivity index (χ1v) is 9.84. The molecule has 1 saturated heterocycles.